The normalized spacial score (nSPS) is 13.8. The Morgan fingerprint density at radius 2 is 1.62 bits per heavy atom. The third-order valence-electron chi connectivity index (χ3n) is 6.11. The van der Waals surface area contributed by atoms with E-state index in [1.807, 2.05) is 6.07 Å². The fourth-order valence-corrected chi connectivity index (χ4v) is 4.04. The van der Waals surface area contributed by atoms with Crippen molar-refractivity contribution in [1.82, 2.24) is 20.4 Å². The Bertz CT molecular complexity index is 1300. The third-order valence-corrected chi connectivity index (χ3v) is 6.11. The zero-order chi connectivity index (χ0) is 28.9. The first-order valence-corrected chi connectivity index (χ1v) is 12.5. The minimum absolute atomic E-state index is 0.0304. The van der Waals surface area contributed by atoms with Crippen LogP contribution >= 0.6 is 0 Å². The molecule has 1 saturated heterocycles. The summed E-state index contributed by atoms with van der Waals surface area (Å²) in [5.41, 5.74) is 1.83. The molecule has 1 amide bonds. The number of carbonyl (C=O) groups excluding carboxylic acids is 1. The van der Waals surface area contributed by atoms with Gasteiger partial charge in [-0.25, -0.2) is 9.59 Å². The van der Waals surface area contributed by atoms with Gasteiger partial charge in [-0.05, 0) is 56.0 Å². The quantitative estimate of drug-likeness (QED) is 0.190. The van der Waals surface area contributed by atoms with Crippen LogP contribution in [0.4, 0.5) is 5.69 Å². The number of carbonyl (C=O) groups is 3. The van der Waals surface area contributed by atoms with Gasteiger partial charge in [-0.2, -0.15) is 0 Å². The number of nitrogens with one attached hydrogen (secondary N) is 1. The van der Waals surface area contributed by atoms with Crippen LogP contribution in [0.3, 0.4) is 0 Å². The molecule has 0 bridgehead atoms. The molecular weight excluding hydrogens is 522 g/mol. The molecule has 210 valence electrons. The number of nitro groups is 1. The maximum Gasteiger partial charge on any atom is 0.328 e. The van der Waals surface area contributed by atoms with Gasteiger partial charge in [0.25, 0.3) is 5.69 Å². The van der Waals surface area contributed by atoms with Crippen LogP contribution in [0.2, 0.25) is 0 Å². The number of nitro benzene ring substituents is 1. The Morgan fingerprint density at radius 3 is 2.20 bits per heavy atom. The maximum absolute atomic E-state index is 12.3. The SMILES string of the molecule is O=C(NCCC1CCN(Cc2ccccc2)CC1)c1nnc(-c2ccc([N+](=O)[O-])cc2)o1.O=C(O)C=CC(=O)O. The van der Waals surface area contributed by atoms with E-state index in [1.54, 1.807) is 0 Å². The van der Waals surface area contributed by atoms with Crippen LogP contribution in [0.25, 0.3) is 11.5 Å². The highest BCUT2D eigenvalue weighted by Gasteiger charge is 2.20. The fourth-order valence-electron chi connectivity index (χ4n) is 4.04. The number of non-ortho nitro benzene ring substituents is 1. The van der Waals surface area contributed by atoms with Crippen molar-refractivity contribution in [2.24, 2.45) is 5.92 Å². The van der Waals surface area contributed by atoms with Gasteiger partial charge in [0.2, 0.25) is 5.89 Å². The summed E-state index contributed by atoms with van der Waals surface area (Å²) < 4.78 is 5.43. The van der Waals surface area contributed by atoms with E-state index in [0.717, 1.165) is 38.9 Å². The van der Waals surface area contributed by atoms with E-state index in [2.05, 4.69) is 44.7 Å². The Labute approximate surface area is 229 Å². The molecular formula is C27H29N5O8. The molecule has 13 nitrogen and oxygen atoms in total. The van der Waals surface area contributed by atoms with Gasteiger partial charge < -0.3 is 19.9 Å². The Morgan fingerprint density at radius 1 is 1.00 bits per heavy atom. The molecule has 1 aromatic heterocycles. The van der Waals surface area contributed by atoms with Gasteiger partial charge in [0.15, 0.2) is 0 Å². The lowest BCUT2D eigenvalue weighted by Crippen LogP contribution is -2.34. The lowest BCUT2D eigenvalue weighted by Gasteiger charge is -2.32. The average molecular weight is 552 g/mol. The van der Waals surface area contributed by atoms with E-state index in [-0.39, 0.29) is 17.5 Å². The van der Waals surface area contributed by atoms with E-state index < -0.39 is 22.8 Å². The monoisotopic (exact) mass is 551 g/mol. The second kappa shape index (κ2) is 14.9. The Hall–Kier alpha value is -4.91. The number of hydrogen-bond donors (Lipinski definition) is 3. The van der Waals surface area contributed by atoms with Crippen LogP contribution in [0.1, 0.15) is 35.5 Å². The number of likely N-dealkylation sites (tertiary alicyclic amines) is 1. The second-order valence-electron chi connectivity index (χ2n) is 8.98. The Balaban J connectivity index is 0.000000482. The molecule has 0 spiro atoms. The summed E-state index contributed by atoms with van der Waals surface area (Å²) in [5.74, 6) is -2.31. The van der Waals surface area contributed by atoms with Crippen LogP contribution < -0.4 is 5.32 Å². The van der Waals surface area contributed by atoms with Gasteiger partial charge in [-0.15, -0.1) is 10.2 Å². The van der Waals surface area contributed by atoms with Crippen molar-refractivity contribution in [2.45, 2.75) is 25.8 Å². The van der Waals surface area contributed by atoms with Crippen molar-refractivity contribution in [3.8, 4) is 11.5 Å². The van der Waals surface area contributed by atoms with Crippen molar-refractivity contribution in [3.05, 3.63) is 88.3 Å². The molecule has 3 N–H and O–H groups in total. The van der Waals surface area contributed by atoms with Crippen LogP contribution in [0.5, 0.6) is 0 Å². The predicted octanol–water partition coefficient (Wildman–Crippen LogP) is 3.39. The predicted molar refractivity (Wildman–Crippen MR) is 142 cm³/mol. The summed E-state index contributed by atoms with van der Waals surface area (Å²) in [5, 5.41) is 36.9. The molecule has 1 aliphatic rings. The van der Waals surface area contributed by atoms with Crippen molar-refractivity contribution < 1.29 is 33.9 Å². The molecule has 1 aliphatic heterocycles. The van der Waals surface area contributed by atoms with E-state index in [0.29, 0.717) is 30.2 Å². The molecule has 13 heteroatoms. The molecule has 2 heterocycles. The number of rotatable bonds is 10. The first kappa shape index (κ1) is 29.6. The molecule has 0 saturated carbocycles. The molecule has 1 fully saturated rings. The van der Waals surface area contributed by atoms with Gasteiger partial charge >= 0.3 is 23.7 Å². The largest absolute Gasteiger partial charge is 0.478 e. The van der Waals surface area contributed by atoms with Crippen molar-refractivity contribution in [2.75, 3.05) is 19.6 Å². The highest BCUT2D eigenvalue weighted by atomic mass is 16.6. The summed E-state index contributed by atoms with van der Waals surface area (Å²) in [6.45, 7) is 3.67. The van der Waals surface area contributed by atoms with E-state index in [4.69, 9.17) is 14.6 Å². The molecule has 0 atom stereocenters. The third kappa shape index (κ3) is 9.76. The average Bonchev–Trinajstić information content (AvgIpc) is 3.44. The number of benzene rings is 2. The van der Waals surface area contributed by atoms with E-state index >= 15 is 0 Å². The summed E-state index contributed by atoms with van der Waals surface area (Å²) in [4.78, 5) is 44.2. The molecule has 2 aromatic carbocycles. The van der Waals surface area contributed by atoms with Gasteiger partial charge in [0.1, 0.15) is 0 Å². The molecule has 0 radical (unpaired) electrons. The minimum Gasteiger partial charge on any atom is -0.478 e. The zero-order valence-corrected chi connectivity index (χ0v) is 21.5. The van der Waals surface area contributed by atoms with E-state index in [9.17, 15) is 24.5 Å². The first-order valence-electron chi connectivity index (χ1n) is 12.5. The number of aromatic nitrogens is 2. The molecule has 3 aromatic rings. The number of carboxylic acid groups (broad SMARTS) is 2. The van der Waals surface area contributed by atoms with Gasteiger partial charge in [0, 0.05) is 42.9 Å². The van der Waals surface area contributed by atoms with Crippen LogP contribution in [0.15, 0.2) is 71.2 Å². The van der Waals surface area contributed by atoms with Gasteiger partial charge in [0.05, 0.1) is 4.92 Å². The van der Waals surface area contributed by atoms with Crippen LogP contribution in [0, 0.1) is 16.0 Å². The number of nitrogens with zero attached hydrogens (tertiary/aromatic N) is 4. The van der Waals surface area contributed by atoms with Gasteiger partial charge in [-0.1, -0.05) is 30.3 Å². The van der Waals surface area contributed by atoms with Crippen LogP contribution in [-0.4, -0.2) is 67.7 Å². The first-order chi connectivity index (χ1) is 19.2. The molecule has 4 rings (SSSR count). The smallest absolute Gasteiger partial charge is 0.328 e. The summed E-state index contributed by atoms with van der Waals surface area (Å²) in [7, 11) is 0. The number of piperidine rings is 1. The second-order valence-corrected chi connectivity index (χ2v) is 8.98. The molecule has 40 heavy (non-hydrogen) atoms. The lowest BCUT2D eigenvalue weighted by molar-refractivity contribution is -0.384. The molecule has 0 aliphatic carbocycles. The fraction of sp³-hybridized carbons (Fsp3) is 0.296. The number of carboxylic acids is 2. The summed E-state index contributed by atoms with van der Waals surface area (Å²) in [6.07, 6.45) is 4.26. The van der Waals surface area contributed by atoms with Crippen molar-refractivity contribution in [1.29, 1.82) is 0 Å². The Kier molecular flexibility index (Phi) is 11.0. The van der Waals surface area contributed by atoms with Gasteiger partial charge in [-0.3, -0.25) is 19.8 Å². The van der Waals surface area contributed by atoms with Crippen LogP contribution in [-0.2, 0) is 16.1 Å². The summed E-state index contributed by atoms with van der Waals surface area (Å²) >= 11 is 0. The number of amides is 1. The van der Waals surface area contributed by atoms with Crippen molar-refractivity contribution in [3.63, 3.8) is 0 Å². The zero-order valence-electron chi connectivity index (χ0n) is 21.5. The number of aliphatic carboxylic acids is 2. The molecule has 0 unspecified atom stereocenters. The maximum atomic E-state index is 12.3. The standard InChI is InChI=1S/C23H25N5O4.C4H4O4/c29-21(23-26-25-22(32-23)19-6-8-20(9-7-19)28(30)31)24-13-10-17-11-14-27(15-12-17)16-18-4-2-1-3-5-18;5-3(6)1-2-4(7)8/h1-9,17H,10-16H2,(H,24,29);1-2H,(H,5,6)(H,7,8). The van der Waals surface area contributed by atoms with E-state index in [1.165, 1.54) is 29.8 Å². The van der Waals surface area contributed by atoms with Crippen molar-refractivity contribution >= 4 is 23.5 Å². The lowest BCUT2D eigenvalue weighted by atomic mass is 9.93. The highest BCUT2D eigenvalue weighted by Crippen LogP contribution is 2.23. The minimum atomic E-state index is -1.26. The summed E-state index contributed by atoms with van der Waals surface area (Å²) in [6, 6.07) is 16.2. The number of hydrogen-bond acceptors (Lipinski definition) is 9. The topological polar surface area (TPSA) is 189 Å². The highest BCUT2D eigenvalue weighted by molar-refractivity contribution is 5.90.